The Kier molecular flexibility index (Phi) is 7.04. The molecule has 0 aromatic heterocycles. The average Bonchev–Trinajstić information content (AvgIpc) is 2.74. The van der Waals surface area contributed by atoms with Crippen LogP contribution in [0.1, 0.15) is 22.8 Å². The predicted molar refractivity (Wildman–Crippen MR) is 125 cm³/mol. The van der Waals surface area contributed by atoms with Gasteiger partial charge in [0, 0.05) is 28.0 Å². The number of nitrogens with one attached hydrogen (secondary N) is 2. The zero-order chi connectivity index (χ0) is 22.6. The van der Waals surface area contributed by atoms with Gasteiger partial charge in [-0.3, -0.25) is 14.3 Å². The van der Waals surface area contributed by atoms with Crippen molar-refractivity contribution in [1.29, 1.82) is 0 Å². The number of carbonyl (C=O) groups excluding carboxylic acids is 2. The van der Waals surface area contributed by atoms with Crippen LogP contribution in [0.4, 0.5) is 11.4 Å². The highest BCUT2D eigenvalue weighted by atomic mass is 35.5. The summed E-state index contributed by atoms with van der Waals surface area (Å²) >= 11 is 7.44. The third-order valence-electron chi connectivity index (χ3n) is 4.30. The van der Waals surface area contributed by atoms with Crippen LogP contribution in [-0.4, -0.2) is 26.4 Å². The van der Waals surface area contributed by atoms with Crippen LogP contribution in [0.2, 0.25) is 5.02 Å². The van der Waals surface area contributed by atoms with Crippen LogP contribution < -0.4 is 10.0 Å². The normalized spacial score (nSPS) is 11.1. The van der Waals surface area contributed by atoms with E-state index < -0.39 is 10.0 Å². The minimum Gasteiger partial charge on any atom is -0.325 e. The number of hydrogen-bond donors (Lipinski definition) is 2. The lowest BCUT2D eigenvalue weighted by atomic mass is 10.0. The summed E-state index contributed by atoms with van der Waals surface area (Å²) in [6.07, 6.45) is 1.82. The molecule has 0 aliphatic heterocycles. The number of thioether (sulfide) groups is 1. The maximum atomic E-state index is 13.1. The molecular formula is C22H19ClN2O4S2. The van der Waals surface area contributed by atoms with Gasteiger partial charge in [0.05, 0.1) is 16.3 Å². The number of amides is 1. The summed E-state index contributed by atoms with van der Waals surface area (Å²) in [5.74, 6) is -0.677. The molecule has 0 aliphatic carbocycles. The highest BCUT2D eigenvalue weighted by Crippen LogP contribution is 2.30. The Hall–Kier alpha value is -2.81. The molecule has 0 unspecified atom stereocenters. The van der Waals surface area contributed by atoms with Crippen LogP contribution in [0.15, 0.2) is 76.5 Å². The molecule has 9 heteroatoms. The van der Waals surface area contributed by atoms with Crippen LogP contribution in [0.5, 0.6) is 0 Å². The van der Waals surface area contributed by atoms with E-state index in [9.17, 15) is 18.0 Å². The lowest BCUT2D eigenvalue weighted by Crippen LogP contribution is -2.17. The van der Waals surface area contributed by atoms with Gasteiger partial charge in [-0.1, -0.05) is 41.9 Å². The summed E-state index contributed by atoms with van der Waals surface area (Å²) in [4.78, 5) is 25.1. The molecule has 31 heavy (non-hydrogen) atoms. The van der Waals surface area contributed by atoms with Gasteiger partial charge < -0.3 is 5.32 Å². The van der Waals surface area contributed by atoms with Crippen molar-refractivity contribution in [3.8, 4) is 0 Å². The van der Waals surface area contributed by atoms with Crippen LogP contribution >= 0.6 is 23.4 Å². The fourth-order valence-corrected chi connectivity index (χ4v) is 4.70. The summed E-state index contributed by atoms with van der Waals surface area (Å²) in [6.45, 7) is 1.35. The Morgan fingerprint density at radius 2 is 1.65 bits per heavy atom. The predicted octanol–water partition coefficient (Wildman–Crippen LogP) is 5.05. The topological polar surface area (TPSA) is 92.3 Å². The number of hydrogen-bond acceptors (Lipinski definition) is 5. The number of anilines is 2. The lowest BCUT2D eigenvalue weighted by molar-refractivity contribution is -0.114. The molecule has 6 nitrogen and oxygen atoms in total. The molecule has 0 radical (unpaired) electrons. The maximum Gasteiger partial charge on any atom is 0.261 e. The van der Waals surface area contributed by atoms with Crippen LogP contribution in [0, 0.1) is 0 Å². The van der Waals surface area contributed by atoms with E-state index >= 15 is 0 Å². The number of sulfonamides is 1. The van der Waals surface area contributed by atoms with E-state index in [4.69, 9.17) is 11.6 Å². The molecule has 0 fully saturated rings. The molecule has 160 valence electrons. The van der Waals surface area contributed by atoms with Gasteiger partial charge in [0.15, 0.2) is 5.78 Å². The van der Waals surface area contributed by atoms with Crippen molar-refractivity contribution < 1.29 is 18.0 Å². The Balaban J connectivity index is 2.01. The van der Waals surface area contributed by atoms with E-state index in [-0.39, 0.29) is 27.8 Å². The third kappa shape index (κ3) is 5.46. The van der Waals surface area contributed by atoms with Crippen LogP contribution in [0.25, 0.3) is 0 Å². The first-order valence-corrected chi connectivity index (χ1v) is 12.2. The summed E-state index contributed by atoms with van der Waals surface area (Å²) in [6, 6.07) is 17.3. The Labute approximate surface area is 190 Å². The minimum absolute atomic E-state index is 0.0536. The highest BCUT2D eigenvalue weighted by molar-refractivity contribution is 7.98. The maximum absolute atomic E-state index is 13.1. The molecule has 3 rings (SSSR count). The molecule has 2 N–H and O–H groups in total. The first-order valence-electron chi connectivity index (χ1n) is 9.09. The van der Waals surface area contributed by atoms with Gasteiger partial charge in [0.1, 0.15) is 0 Å². The standard InChI is InChI=1S/C22H19ClN2O4S2/c1-14(26)24-20-13-17(9-11-21(20)30-2)31(28,29)25-19-10-8-16(23)12-18(19)22(27)15-6-4-3-5-7-15/h3-13,25H,1-2H3,(H,24,26). The van der Waals surface area contributed by atoms with Crippen molar-refractivity contribution in [2.24, 2.45) is 0 Å². The van der Waals surface area contributed by atoms with Crippen LogP contribution in [0.3, 0.4) is 0 Å². The Bertz CT molecular complexity index is 1250. The monoisotopic (exact) mass is 474 g/mol. The van der Waals surface area contributed by atoms with E-state index in [0.29, 0.717) is 16.3 Å². The molecule has 0 heterocycles. The smallest absolute Gasteiger partial charge is 0.261 e. The second-order valence-electron chi connectivity index (χ2n) is 6.53. The molecular weight excluding hydrogens is 456 g/mol. The summed E-state index contributed by atoms with van der Waals surface area (Å²) < 4.78 is 28.6. The molecule has 3 aromatic carbocycles. The van der Waals surface area contributed by atoms with Gasteiger partial charge in [-0.05, 0) is 42.7 Å². The molecule has 0 spiro atoms. The van der Waals surface area contributed by atoms with Crippen molar-refractivity contribution >= 4 is 56.5 Å². The van der Waals surface area contributed by atoms with Crippen molar-refractivity contribution in [1.82, 2.24) is 0 Å². The minimum atomic E-state index is -4.05. The number of carbonyl (C=O) groups is 2. The zero-order valence-electron chi connectivity index (χ0n) is 16.7. The number of rotatable bonds is 7. The largest absolute Gasteiger partial charge is 0.325 e. The molecule has 0 saturated carbocycles. The second kappa shape index (κ2) is 9.55. The molecule has 0 bridgehead atoms. The van der Waals surface area contributed by atoms with Gasteiger partial charge in [-0.2, -0.15) is 0 Å². The summed E-state index contributed by atoms with van der Waals surface area (Å²) in [5.41, 5.74) is 1.03. The van der Waals surface area contributed by atoms with Gasteiger partial charge in [-0.25, -0.2) is 8.42 Å². The van der Waals surface area contributed by atoms with Gasteiger partial charge in [0.2, 0.25) is 5.91 Å². The Morgan fingerprint density at radius 3 is 2.29 bits per heavy atom. The average molecular weight is 475 g/mol. The summed E-state index contributed by atoms with van der Waals surface area (Å²) in [5, 5.41) is 2.94. The fraction of sp³-hybridized carbons (Fsp3) is 0.0909. The molecule has 0 saturated heterocycles. The van der Waals surface area contributed by atoms with E-state index in [0.717, 1.165) is 4.90 Å². The number of benzene rings is 3. The van der Waals surface area contributed by atoms with Crippen molar-refractivity contribution in [3.63, 3.8) is 0 Å². The first-order chi connectivity index (χ1) is 14.7. The summed E-state index contributed by atoms with van der Waals surface area (Å²) in [7, 11) is -4.05. The second-order valence-corrected chi connectivity index (χ2v) is 9.50. The fourth-order valence-electron chi connectivity index (χ4n) is 2.88. The van der Waals surface area contributed by atoms with Crippen LogP contribution in [-0.2, 0) is 14.8 Å². The van der Waals surface area contributed by atoms with E-state index in [1.807, 2.05) is 6.26 Å². The number of ketones is 1. The van der Waals surface area contributed by atoms with Crippen molar-refractivity contribution in [3.05, 3.63) is 82.9 Å². The zero-order valence-corrected chi connectivity index (χ0v) is 19.1. The van der Waals surface area contributed by atoms with E-state index in [1.165, 1.54) is 49.0 Å². The first kappa shape index (κ1) is 22.9. The molecule has 1 amide bonds. The molecule has 0 atom stereocenters. The number of halogens is 1. The SMILES string of the molecule is CSc1ccc(S(=O)(=O)Nc2ccc(Cl)cc2C(=O)c2ccccc2)cc1NC(C)=O. The van der Waals surface area contributed by atoms with Crippen molar-refractivity contribution in [2.45, 2.75) is 16.7 Å². The Morgan fingerprint density at radius 1 is 0.935 bits per heavy atom. The van der Waals surface area contributed by atoms with E-state index in [1.54, 1.807) is 36.4 Å². The quantitative estimate of drug-likeness (QED) is 0.369. The third-order valence-corrected chi connectivity index (χ3v) is 6.69. The van der Waals surface area contributed by atoms with Gasteiger partial charge in [0.25, 0.3) is 10.0 Å². The molecule has 3 aromatic rings. The van der Waals surface area contributed by atoms with Crippen molar-refractivity contribution in [2.75, 3.05) is 16.3 Å². The lowest BCUT2D eigenvalue weighted by Gasteiger charge is -2.15. The highest BCUT2D eigenvalue weighted by Gasteiger charge is 2.21. The van der Waals surface area contributed by atoms with Gasteiger partial charge >= 0.3 is 0 Å². The van der Waals surface area contributed by atoms with Gasteiger partial charge in [-0.15, -0.1) is 11.8 Å². The molecule has 0 aliphatic rings. The van der Waals surface area contributed by atoms with E-state index in [2.05, 4.69) is 10.0 Å².